The Morgan fingerprint density at radius 2 is 1.59 bits per heavy atom. The molecule has 2 aromatic heterocycles. The lowest BCUT2D eigenvalue weighted by molar-refractivity contribution is 0.0184. The quantitative estimate of drug-likeness (QED) is 0.298. The molecule has 4 aromatic rings. The Kier molecular flexibility index (Phi) is 6.44. The number of aliphatic hydroxyl groups excluding tert-OH is 1. The Bertz CT molecular complexity index is 1450. The molecule has 0 spiro atoms. The van der Waals surface area contributed by atoms with Crippen LogP contribution in [0.15, 0.2) is 60.7 Å². The third kappa shape index (κ3) is 4.87. The highest BCUT2D eigenvalue weighted by Crippen LogP contribution is 2.32. The van der Waals surface area contributed by atoms with Gasteiger partial charge in [0.15, 0.2) is 5.82 Å². The van der Waals surface area contributed by atoms with Crippen molar-refractivity contribution in [3.8, 4) is 28.1 Å². The average Bonchev–Trinajstić information content (AvgIpc) is 3.66. The minimum Gasteiger partial charge on any atom is -0.490 e. The molecule has 202 valence electrons. The molecule has 0 saturated carbocycles. The van der Waals surface area contributed by atoms with Crippen LogP contribution in [0.4, 0.5) is 10.2 Å². The second kappa shape index (κ2) is 10.2. The fourth-order valence-corrected chi connectivity index (χ4v) is 5.77. The van der Waals surface area contributed by atoms with Crippen molar-refractivity contribution in [1.82, 2.24) is 15.3 Å². The number of fused-ring (bicyclic) bond motifs is 2. The number of H-pyrrole nitrogens is 1. The van der Waals surface area contributed by atoms with Crippen LogP contribution >= 0.6 is 0 Å². The van der Waals surface area contributed by atoms with Gasteiger partial charge in [-0.25, -0.2) is 9.37 Å². The molecule has 8 nitrogen and oxygen atoms in total. The molecule has 0 bridgehead atoms. The van der Waals surface area contributed by atoms with E-state index in [4.69, 9.17) is 14.2 Å². The van der Waals surface area contributed by atoms with Gasteiger partial charge in [-0.05, 0) is 49.2 Å². The van der Waals surface area contributed by atoms with Crippen molar-refractivity contribution in [2.75, 3.05) is 31.6 Å². The lowest BCUT2D eigenvalue weighted by atomic mass is 10.0. The van der Waals surface area contributed by atoms with Crippen LogP contribution < -0.4 is 15.4 Å². The molecule has 4 N–H and O–H groups in total. The second-order valence-electron chi connectivity index (χ2n) is 10.5. The highest BCUT2D eigenvalue weighted by atomic mass is 19.1. The number of aliphatic hydroxyl groups is 1. The molecule has 3 aliphatic rings. The number of anilines is 1. The summed E-state index contributed by atoms with van der Waals surface area (Å²) in [5, 5.41) is 16.7. The lowest BCUT2D eigenvalue weighted by Crippen LogP contribution is -2.36. The molecule has 3 saturated heterocycles. The third-order valence-electron chi connectivity index (χ3n) is 7.86. The third-order valence-corrected chi connectivity index (χ3v) is 7.86. The predicted octanol–water partition coefficient (Wildman–Crippen LogP) is 4.11. The van der Waals surface area contributed by atoms with Gasteiger partial charge in [-0.1, -0.05) is 36.4 Å². The molecule has 3 aliphatic heterocycles. The molecule has 4 atom stereocenters. The number of aromatic amines is 1. The van der Waals surface area contributed by atoms with Crippen molar-refractivity contribution in [3.05, 3.63) is 66.5 Å². The van der Waals surface area contributed by atoms with Crippen LogP contribution in [0.2, 0.25) is 0 Å². The number of hydrogen-bond donors (Lipinski definition) is 4. The Morgan fingerprint density at radius 1 is 0.897 bits per heavy atom. The van der Waals surface area contributed by atoms with Crippen LogP contribution in [0, 0.1) is 5.82 Å². The fraction of sp³-hybridized carbons (Fsp3) is 0.367. The molecular weight excluding hydrogens is 499 g/mol. The van der Waals surface area contributed by atoms with Crippen LogP contribution in [0.25, 0.3) is 33.4 Å². The SMILES string of the molecule is OC1CO[C@@H]2C(Nc3cc4nc(-c5ccc(-c6ccc(OC7CCNCC7)cc6)cc5)c(F)cc4[nH]3)CO[C@H]12. The van der Waals surface area contributed by atoms with Crippen molar-refractivity contribution in [3.63, 3.8) is 0 Å². The molecule has 7 rings (SSSR count). The Balaban J connectivity index is 1.06. The van der Waals surface area contributed by atoms with Crippen molar-refractivity contribution in [2.45, 2.75) is 43.3 Å². The van der Waals surface area contributed by atoms with Crippen LogP contribution in [-0.4, -0.2) is 71.8 Å². The zero-order valence-electron chi connectivity index (χ0n) is 21.4. The highest BCUT2D eigenvalue weighted by Gasteiger charge is 2.47. The maximum absolute atomic E-state index is 15.1. The van der Waals surface area contributed by atoms with Crippen molar-refractivity contribution < 1.29 is 23.7 Å². The molecule has 0 amide bonds. The van der Waals surface area contributed by atoms with Crippen LogP contribution in [-0.2, 0) is 9.47 Å². The number of benzene rings is 2. The van der Waals surface area contributed by atoms with E-state index in [2.05, 4.69) is 32.7 Å². The minimum atomic E-state index is -0.605. The number of halogens is 1. The van der Waals surface area contributed by atoms with E-state index in [9.17, 15) is 5.11 Å². The van der Waals surface area contributed by atoms with Gasteiger partial charge in [0, 0.05) is 17.7 Å². The first-order valence-electron chi connectivity index (χ1n) is 13.6. The summed E-state index contributed by atoms with van der Waals surface area (Å²) < 4.78 is 32.6. The second-order valence-corrected chi connectivity index (χ2v) is 10.5. The molecule has 9 heteroatoms. The van der Waals surface area contributed by atoms with E-state index in [0.717, 1.165) is 42.8 Å². The van der Waals surface area contributed by atoms with E-state index in [1.165, 1.54) is 6.07 Å². The van der Waals surface area contributed by atoms with Crippen LogP contribution in [0.1, 0.15) is 12.8 Å². The van der Waals surface area contributed by atoms with E-state index in [1.807, 2.05) is 42.5 Å². The lowest BCUT2D eigenvalue weighted by Gasteiger charge is -2.23. The Labute approximate surface area is 225 Å². The first-order valence-corrected chi connectivity index (χ1v) is 13.6. The molecule has 39 heavy (non-hydrogen) atoms. The van der Waals surface area contributed by atoms with Gasteiger partial charge in [0.25, 0.3) is 0 Å². The van der Waals surface area contributed by atoms with E-state index in [-0.39, 0.29) is 31.0 Å². The molecule has 0 aliphatic carbocycles. The Hall–Kier alpha value is -3.50. The van der Waals surface area contributed by atoms with Crippen molar-refractivity contribution >= 4 is 16.9 Å². The summed E-state index contributed by atoms with van der Waals surface area (Å²) in [6.45, 7) is 2.69. The van der Waals surface area contributed by atoms with Gasteiger partial charge in [-0.3, -0.25) is 0 Å². The zero-order valence-corrected chi connectivity index (χ0v) is 21.4. The largest absolute Gasteiger partial charge is 0.490 e. The summed E-state index contributed by atoms with van der Waals surface area (Å²) in [5.41, 5.74) is 4.38. The molecule has 2 aromatic carbocycles. The first kappa shape index (κ1) is 24.5. The van der Waals surface area contributed by atoms with Gasteiger partial charge in [0.2, 0.25) is 0 Å². The molecular formula is C30H31FN4O4. The maximum atomic E-state index is 15.1. The molecule has 2 unspecified atom stereocenters. The number of pyridine rings is 1. The number of hydrogen-bond acceptors (Lipinski definition) is 7. The molecule has 3 fully saturated rings. The predicted molar refractivity (Wildman–Crippen MR) is 146 cm³/mol. The van der Waals surface area contributed by atoms with Crippen molar-refractivity contribution in [1.29, 1.82) is 0 Å². The number of rotatable bonds is 6. The van der Waals surface area contributed by atoms with E-state index in [0.29, 0.717) is 34.7 Å². The first-order chi connectivity index (χ1) is 19.1. The fourth-order valence-electron chi connectivity index (χ4n) is 5.77. The summed E-state index contributed by atoms with van der Waals surface area (Å²) in [6.07, 6.45) is 1.17. The zero-order chi connectivity index (χ0) is 26.3. The number of piperidine rings is 1. The van der Waals surface area contributed by atoms with E-state index >= 15 is 4.39 Å². The standard InChI is InChI=1S/C30H31FN4O4/c31-22-13-23-24(14-27(33-23)34-25-15-37-30-26(36)16-38-29(25)30)35-28(22)19-3-1-17(2-4-19)18-5-7-20(8-6-18)39-21-9-11-32-12-10-21/h1-8,13-14,21,25-26,29-30,32-34,36H,9-12,15-16H2/t25?,26?,29-,30-/m1/s1. The number of nitrogens with one attached hydrogen (secondary N) is 3. The average molecular weight is 531 g/mol. The maximum Gasteiger partial charge on any atom is 0.151 e. The van der Waals surface area contributed by atoms with Crippen LogP contribution in [0.5, 0.6) is 5.75 Å². The summed E-state index contributed by atoms with van der Waals surface area (Å²) >= 11 is 0. The summed E-state index contributed by atoms with van der Waals surface area (Å²) in [7, 11) is 0. The van der Waals surface area contributed by atoms with E-state index < -0.39 is 11.9 Å². The number of ether oxygens (including phenoxy) is 3. The minimum absolute atomic E-state index is 0.109. The van der Waals surface area contributed by atoms with Gasteiger partial charge in [-0.15, -0.1) is 0 Å². The molecule has 5 heterocycles. The summed E-state index contributed by atoms with van der Waals surface area (Å²) in [4.78, 5) is 7.81. The number of aromatic nitrogens is 2. The topological polar surface area (TPSA) is 101 Å². The highest BCUT2D eigenvalue weighted by molar-refractivity contribution is 5.83. The monoisotopic (exact) mass is 530 g/mol. The smallest absolute Gasteiger partial charge is 0.151 e. The van der Waals surface area contributed by atoms with Gasteiger partial charge >= 0.3 is 0 Å². The van der Waals surface area contributed by atoms with Gasteiger partial charge in [0.1, 0.15) is 41.7 Å². The van der Waals surface area contributed by atoms with E-state index in [1.54, 1.807) is 0 Å². The van der Waals surface area contributed by atoms with Crippen molar-refractivity contribution in [2.24, 2.45) is 0 Å². The number of nitrogens with zero attached hydrogens (tertiary/aromatic N) is 1. The normalized spacial score (nSPS) is 25.2. The van der Waals surface area contributed by atoms with Gasteiger partial charge in [0.05, 0.1) is 30.3 Å². The van der Waals surface area contributed by atoms with Crippen LogP contribution in [0.3, 0.4) is 0 Å². The summed E-state index contributed by atoms with van der Waals surface area (Å²) in [6, 6.07) is 19.1. The summed E-state index contributed by atoms with van der Waals surface area (Å²) in [5.74, 6) is 1.20. The Morgan fingerprint density at radius 3 is 2.36 bits per heavy atom. The molecule has 0 radical (unpaired) electrons. The van der Waals surface area contributed by atoms with Gasteiger partial charge < -0.3 is 34.9 Å². The van der Waals surface area contributed by atoms with Gasteiger partial charge in [-0.2, -0.15) is 0 Å².